The molecule has 0 radical (unpaired) electrons. The van der Waals surface area contributed by atoms with E-state index >= 15 is 0 Å². The Hall–Kier alpha value is -2.87. The van der Waals surface area contributed by atoms with E-state index in [2.05, 4.69) is 52.3 Å². The standard InChI is InChI=1S/C25H36N6O2/c1-5-21(31-23-17-19(3)27-30(23)11-9-24(31)32)25(33)26-10-12-28-13-15-29(16-14-28)22-8-6-7-18(2)20(22)4/h6-8,17,21H,5,9-16H2,1-4H3,(H,26,33). The molecule has 2 aliphatic heterocycles. The summed E-state index contributed by atoms with van der Waals surface area (Å²) in [5.41, 5.74) is 4.87. The maximum atomic E-state index is 13.0. The highest BCUT2D eigenvalue weighted by atomic mass is 16.2. The van der Waals surface area contributed by atoms with Gasteiger partial charge in [-0.3, -0.25) is 19.4 Å². The van der Waals surface area contributed by atoms with Crippen LogP contribution < -0.4 is 15.1 Å². The van der Waals surface area contributed by atoms with Crippen molar-refractivity contribution in [1.29, 1.82) is 0 Å². The van der Waals surface area contributed by atoms with Crippen LogP contribution in [0.2, 0.25) is 0 Å². The zero-order valence-corrected chi connectivity index (χ0v) is 20.3. The van der Waals surface area contributed by atoms with Crippen molar-refractivity contribution in [3.05, 3.63) is 41.1 Å². The van der Waals surface area contributed by atoms with Gasteiger partial charge in [-0.1, -0.05) is 19.1 Å². The molecule has 0 bridgehead atoms. The second-order valence-electron chi connectivity index (χ2n) is 9.14. The summed E-state index contributed by atoms with van der Waals surface area (Å²) in [5.74, 6) is 0.632. The molecule has 4 rings (SSSR count). The number of aromatic nitrogens is 2. The number of piperazine rings is 1. The Balaban J connectivity index is 1.29. The van der Waals surface area contributed by atoms with Crippen LogP contribution in [0.3, 0.4) is 0 Å². The smallest absolute Gasteiger partial charge is 0.243 e. The second-order valence-corrected chi connectivity index (χ2v) is 9.14. The maximum absolute atomic E-state index is 13.0. The van der Waals surface area contributed by atoms with Crippen molar-refractivity contribution >= 4 is 23.3 Å². The zero-order valence-electron chi connectivity index (χ0n) is 20.3. The van der Waals surface area contributed by atoms with Gasteiger partial charge >= 0.3 is 0 Å². The van der Waals surface area contributed by atoms with Crippen LogP contribution in [-0.4, -0.2) is 71.8 Å². The third-order valence-electron chi connectivity index (χ3n) is 6.95. The predicted molar refractivity (Wildman–Crippen MR) is 131 cm³/mol. The predicted octanol–water partition coefficient (Wildman–Crippen LogP) is 2.26. The van der Waals surface area contributed by atoms with E-state index in [4.69, 9.17) is 0 Å². The summed E-state index contributed by atoms with van der Waals surface area (Å²) in [7, 11) is 0. The Labute approximate surface area is 196 Å². The number of carbonyl (C=O) groups is 2. The molecule has 33 heavy (non-hydrogen) atoms. The molecular weight excluding hydrogens is 416 g/mol. The first-order chi connectivity index (χ1) is 15.9. The first kappa shape index (κ1) is 23.3. The van der Waals surface area contributed by atoms with Crippen molar-refractivity contribution in [2.75, 3.05) is 49.1 Å². The number of fused-ring (bicyclic) bond motifs is 1. The lowest BCUT2D eigenvalue weighted by Crippen LogP contribution is -2.53. The van der Waals surface area contributed by atoms with Crippen LogP contribution in [0.4, 0.5) is 11.5 Å². The van der Waals surface area contributed by atoms with Crippen molar-refractivity contribution < 1.29 is 9.59 Å². The number of hydrogen-bond donors (Lipinski definition) is 1. The van der Waals surface area contributed by atoms with E-state index in [1.807, 2.05) is 24.6 Å². The lowest BCUT2D eigenvalue weighted by molar-refractivity contribution is -0.127. The summed E-state index contributed by atoms with van der Waals surface area (Å²) >= 11 is 0. The highest BCUT2D eigenvalue weighted by Crippen LogP contribution is 2.26. The highest BCUT2D eigenvalue weighted by Gasteiger charge is 2.34. The number of hydrogen-bond acceptors (Lipinski definition) is 5. The molecule has 2 aliphatic rings. The molecule has 1 saturated heterocycles. The average molecular weight is 453 g/mol. The average Bonchev–Trinajstić information content (AvgIpc) is 3.18. The lowest BCUT2D eigenvalue weighted by Gasteiger charge is -2.37. The van der Waals surface area contributed by atoms with Gasteiger partial charge in [0.05, 0.1) is 12.2 Å². The number of aryl methyl sites for hydroxylation is 3. The summed E-state index contributed by atoms with van der Waals surface area (Å²) in [5, 5.41) is 7.53. The van der Waals surface area contributed by atoms with E-state index in [-0.39, 0.29) is 11.8 Å². The zero-order chi connectivity index (χ0) is 23.5. The van der Waals surface area contributed by atoms with Gasteiger partial charge in [-0.15, -0.1) is 0 Å². The minimum absolute atomic E-state index is 0.00744. The third-order valence-corrected chi connectivity index (χ3v) is 6.95. The molecule has 3 heterocycles. The van der Waals surface area contributed by atoms with Gasteiger partial charge < -0.3 is 10.2 Å². The van der Waals surface area contributed by atoms with Crippen molar-refractivity contribution in [2.45, 2.75) is 53.1 Å². The summed E-state index contributed by atoms with van der Waals surface area (Å²) in [6.07, 6.45) is 0.943. The summed E-state index contributed by atoms with van der Waals surface area (Å²) in [4.78, 5) is 32.2. The molecule has 8 heteroatoms. The quantitative estimate of drug-likeness (QED) is 0.698. The fourth-order valence-corrected chi connectivity index (χ4v) is 4.90. The minimum Gasteiger partial charge on any atom is -0.369 e. The molecule has 8 nitrogen and oxygen atoms in total. The Morgan fingerprint density at radius 2 is 1.88 bits per heavy atom. The highest BCUT2D eigenvalue weighted by molar-refractivity contribution is 6.01. The molecule has 0 spiro atoms. The maximum Gasteiger partial charge on any atom is 0.243 e. The number of rotatable bonds is 7. The number of anilines is 2. The van der Waals surface area contributed by atoms with E-state index in [1.54, 1.807) is 4.90 Å². The normalized spacial score (nSPS) is 17.8. The van der Waals surface area contributed by atoms with Gasteiger partial charge in [-0.25, -0.2) is 4.68 Å². The van der Waals surface area contributed by atoms with E-state index in [9.17, 15) is 9.59 Å². The molecule has 178 valence electrons. The first-order valence-electron chi connectivity index (χ1n) is 12.1. The van der Waals surface area contributed by atoms with E-state index in [1.165, 1.54) is 16.8 Å². The minimum atomic E-state index is -0.506. The second kappa shape index (κ2) is 9.95. The van der Waals surface area contributed by atoms with Crippen LogP contribution in [0, 0.1) is 20.8 Å². The fourth-order valence-electron chi connectivity index (χ4n) is 4.90. The number of carbonyl (C=O) groups excluding carboxylic acids is 2. The van der Waals surface area contributed by atoms with Gasteiger partial charge in [0, 0.05) is 57.4 Å². The summed E-state index contributed by atoms with van der Waals surface area (Å²) < 4.78 is 1.84. The van der Waals surface area contributed by atoms with E-state index in [0.29, 0.717) is 25.9 Å². The van der Waals surface area contributed by atoms with Gasteiger partial charge in [-0.2, -0.15) is 5.10 Å². The van der Waals surface area contributed by atoms with Crippen molar-refractivity contribution in [2.24, 2.45) is 0 Å². The van der Waals surface area contributed by atoms with Crippen LogP contribution in [-0.2, 0) is 16.1 Å². The van der Waals surface area contributed by atoms with Gasteiger partial charge in [0.1, 0.15) is 11.9 Å². The van der Waals surface area contributed by atoms with Gasteiger partial charge in [-0.05, 0) is 44.4 Å². The Bertz CT molecular complexity index is 1010. The van der Waals surface area contributed by atoms with Crippen LogP contribution >= 0.6 is 0 Å². The monoisotopic (exact) mass is 452 g/mol. The Morgan fingerprint density at radius 3 is 2.61 bits per heavy atom. The molecule has 0 aliphatic carbocycles. The summed E-state index contributed by atoms with van der Waals surface area (Å²) in [6.45, 7) is 14.1. The molecule has 1 fully saturated rings. The van der Waals surface area contributed by atoms with Crippen molar-refractivity contribution in [3.8, 4) is 0 Å². The van der Waals surface area contributed by atoms with Crippen LogP contribution in [0.25, 0.3) is 0 Å². The van der Waals surface area contributed by atoms with Crippen LogP contribution in [0.15, 0.2) is 24.3 Å². The molecular formula is C25H36N6O2. The SMILES string of the molecule is CCC(C(=O)NCCN1CCN(c2cccc(C)c2C)CC1)N1C(=O)CCn2nc(C)cc21. The van der Waals surface area contributed by atoms with Gasteiger partial charge in [0.25, 0.3) is 0 Å². The molecule has 1 aromatic carbocycles. The van der Waals surface area contributed by atoms with E-state index < -0.39 is 6.04 Å². The van der Waals surface area contributed by atoms with Gasteiger partial charge in [0.2, 0.25) is 11.8 Å². The first-order valence-corrected chi connectivity index (χ1v) is 12.1. The Morgan fingerprint density at radius 1 is 1.12 bits per heavy atom. The van der Waals surface area contributed by atoms with E-state index in [0.717, 1.165) is 44.2 Å². The molecule has 2 aromatic rings. The molecule has 1 N–H and O–H groups in total. The fraction of sp³-hybridized carbons (Fsp3) is 0.560. The number of nitrogens with one attached hydrogen (secondary N) is 1. The lowest BCUT2D eigenvalue weighted by atomic mass is 10.1. The Kier molecular flexibility index (Phi) is 7.02. The van der Waals surface area contributed by atoms with Crippen molar-refractivity contribution in [3.63, 3.8) is 0 Å². The molecule has 0 saturated carbocycles. The van der Waals surface area contributed by atoms with Crippen molar-refractivity contribution in [1.82, 2.24) is 20.0 Å². The number of benzene rings is 1. The molecule has 1 unspecified atom stereocenters. The molecule has 1 aromatic heterocycles. The number of nitrogens with zero attached hydrogens (tertiary/aromatic N) is 5. The van der Waals surface area contributed by atoms with Crippen LogP contribution in [0.5, 0.6) is 0 Å². The van der Waals surface area contributed by atoms with Gasteiger partial charge in [0.15, 0.2) is 0 Å². The third kappa shape index (κ3) is 4.90. The largest absolute Gasteiger partial charge is 0.369 e. The van der Waals surface area contributed by atoms with Crippen LogP contribution in [0.1, 0.15) is 36.6 Å². The number of amides is 2. The molecule has 2 amide bonds. The molecule has 1 atom stereocenters. The summed E-state index contributed by atoms with van der Waals surface area (Å²) in [6, 6.07) is 7.88. The topological polar surface area (TPSA) is 73.7 Å².